The molecule has 0 atom stereocenters. The Kier molecular flexibility index (Phi) is 5.94. The van der Waals surface area contributed by atoms with Gasteiger partial charge in [0.15, 0.2) is 16.9 Å². The maximum absolute atomic E-state index is 12.7. The molecule has 1 aromatic carbocycles. The number of hydrogen-bond donors (Lipinski definition) is 3. The van der Waals surface area contributed by atoms with Gasteiger partial charge in [-0.2, -0.15) is 13.9 Å². The first kappa shape index (κ1) is 22.9. The average Bonchev–Trinajstić information content (AvgIpc) is 3.39. The third-order valence-electron chi connectivity index (χ3n) is 5.96. The second kappa shape index (κ2) is 9.07. The summed E-state index contributed by atoms with van der Waals surface area (Å²) in [5.74, 6) is 0.123. The number of carbonyl (C=O) groups excluding carboxylic acids is 1. The van der Waals surface area contributed by atoms with Crippen molar-refractivity contribution in [1.29, 1.82) is 0 Å². The zero-order valence-corrected chi connectivity index (χ0v) is 18.6. The van der Waals surface area contributed by atoms with Crippen molar-refractivity contribution >= 4 is 28.2 Å². The van der Waals surface area contributed by atoms with Crippen LogP contribution < -0.4 is 14.8 Å². The maximum atomic E-state index is 12.7. The van der Waals surface area contributed by atoms with E-state index in [1.54, 1.807) is 17.8 Å². The molecule has 0 saturated carbocycles. The molecule has 0 aliphatic carbocycles. The van der Waals surface area contributed by atoms with Crippen LogP contribution in [0.2, 0.25) is 0 Å². The van der Waals surface area contributed by atoms with Gasteiger partial charge in [-0.15, -0.1) is 0 Å². The van der Waals surface area contributed by atoms with Crippen LogP contribution in [0.4, 0.5) is 13.6 Å². The molecule has 3 aromatic heterocycles. The Morgan fingerprint density at radius 3 is 2.91 bits per heavy atom. The van der Waals surface area contributed by atoms with Gasteiger partial charge in [-0.25, -0.2) is 14.8 Å². The monoisotopic (exact) mass is 488 g/mol. The van der Waals surface area contributed by atoms with E-state index < -0.39 is 18.2 Å². The molecule has 5 rings (SSSR count). The van der Waals surface area contributed by atoms with Gasteiger partial charge in [0.1, 0.15) is 17.1 Å². The number of nitrogens with one attached hydrogen (secondary N) is 2. The minimum atomic E-state index is -2.96. The summed E-state index contributed by atoms with van der Waals surface area (Å²) < 4.78 is 42.3. The molecule has 0 radical (unpaired) electrons. The van der Waals surface area contributed by atoms with Crippen molar-refractivity contribution in [2.45, 2.75) is 25.0 Å². The predicted molar refractivity (Wildman–Crippen MR) is 119 cm³/mol. The van der Waals surface area contributed by atoms with Gasteiger partial charge in [0.25, 0.3) is 0 Å². The van der Waals surface area contributed by atoms with Crippen molar-refractivity contribution in [2.75, 3.05) is 19.8 Å². The number of rotatable bonds is 6. The molecular weight excluding hydrogens is 466 g/mol. The first-order valence-corrected chi connectivity index (χ1v) is 10.8. The van der Waals surface area contributed by atoms with Crippen LogP contribution in [0.5, 0.6) is 11.5 Å². The first-order chi connectivity index (χ1) is 16.9. The molecule has 11 nitrogen and oxygen atoms in total. The van der Waals surface area contributed by atoms with E-state index in [0.717, 1.165) is 0 Å². The number of amides is 1. The van der Waals surface area contributed by atoms with Gasteiger partial charge in [0, 0.05) is 31.8 Å². The Labute approximate surface area is 197 Å². The Morgan fingerprint density at radius 2 is 2.17 bits per heavy atom. The molecule has 3 N–H and O–H groups in total. The number of aryl methyl sites for hydroxylation is 1. The number of ether oxygens (including phenoxy) is 3. The molecule has 13 heteroatoms. The molecule has 1 aliphatic rings. The summed E-state index contributed by atoms with van der Waals surface area (Å²) >= 11 is 0. The molecule has 35 heavy (non-hydrogen) atoms. The molecule has 4 heterocycles. The standard InChI is InChI=1S/C22H22F2N6O5/c1-30-15-3-2-12(34-20(23)24)8-13(15)17(29-30)14-9-25-19-18(27-14)16(10-26-19)35-21(32)28-22(11-31)4-6-33-7-5-22/h2-3,8-10,20,31H,4-7,11H2,1H3,(H,25,26)(H,28,32). The van der Waals surface area contributed by atoms with Gasteiger partial charge < -0.3 is 29.6 Å². The van der Waals surface area contributed by atoms with E-state index in [4.69, 9.17) is 9.47 Å². The van der Waals surface area contributed by atoms with Crippen LogP contribution >= 0.6 is 0 Å². The van der Waals surface area contributed by atoms with Crippen LogP contribution in [0, 0.1) is 0 Å². The van der Waals surface area contributed by atoms with Gasteiger partial charge >= 0.3 is 12.7 Å². The van der Waals surface area contributed by atoms with Crippen molar-refractivity contribution in [2.24, 2.45) is 7.05 Å². The van der Waals surface area contributed by atoms with Crippen molar-refractivity contribution in [3.8, 4) is 22.9 Å². The quantitative estimate of drug-likeness (QED) is 0.377. The number of benzene rings is 1. The molecule has 1 aliphatic heterocycles. The average molecular weight is 488 g/mol. The minimum Gasteiger partial charge on any atom is -0.435 e. The number of nitrogens with zero attached hydrogens (tertiary/aromatic N) is 4. The van der Waals surface area contributed by atoms with E-state index in [1.807, 2.05) is 0 Å². The summed E-state index contributed by atoms with van der Waals surface area (Å²) in [6.07, 6.45) is 3.11. The van der Waals surface area contributed by atoms with Gasteiger partial charge in [0.05, 0.1) is 23.9 Å². The highest BCUT2D eigenvalue weighted by atomic mass is 19.3. The van der Waals surface area contributed by atoms with Crippen LogP contribution in [0.25, 0.3) is 33.5 Å². The number of alkyl halides is 2. The fraction of sp³-hybridized carbons (Fsp3) is 0.364. The van der Waals surface area contributed by atoms with Crippen molar-refractivity contribution in [3.63, 3.8) is 0 Å². The van der Waals surface area contributed by atoms with E-state index in [9.17, 15) is 18.7 Å². The summed E-state index contributed by atoms with van der Waals surface area (Å²) in [6.45, 7) is -2.36. The van der Waals surface area contributed by atoms with Crippen molar-refractivity contribution in [1.82, 2.24) is 30.0 Å². The molecule has 0 bridgehead atoms. The number of H-pyrrole nitrogens is 1. The Morgan fingerprint density at radius 1 is 1.37 bits per heavy atom. The number of aliphatic hydroxyl groups excluding tert-OH is 1. The fourth-order valence-electron chi connectivity index (χ4n) is 4.10. The smallest absolute Gasteiger partial charge is 0.413 e. The zero-order chi connectivity index (χ0) is 24.6. The third-order valence-corrected chi connectivity index (χ3v) is 5.96. The number of aliphatic hydroxyl groups is 1. The van der Waals surface area contributed by atoms with Crippen LogP contribution in [0.1, 0.15) is 12.8 Å². The van der Waals surface area contributed by atoms with E-state index in [2.05, 4.69) is 30.1 Å². The van der Waals surface area contributed by atoms with Gasteiger partial charge in [-0.3, -0.25) is 4.68 Å². The first-order valence-electron chi connectivity index (χ1n) is 10.8. The number of fused-ring (bicyclic) bond motifs is 2. The van der Waals surface area contributed by atoms with E-state index in [1.165, 1.54) is 24.5 Å². The largest absolute Gasteiger partial charge is 0.435 e. The molecular formula is C22H22F2N6O5. The molecule has 0 spiro atoms. The van der Waals surface area contributed by atoms with E-state index in [-0.39, 0.29) is 23.6 Å². The molecule has 1 saturated heterocycles. The van der Waals surface area contributed by atoms with Crippen LogP contribution in [0.15, 0.2) is 30.6 Å². The van der Waals surface area contributed by atoms with Gasteiger partial charge in [-0.05, 0) is 31.0 Å². The summed E-state index contributed by atoms with van der Waals surface area (Å²) in [6, 6.07) is 4.51. The Hall–Kier alpha value is -3.84. The van der Waals surface area contributed by atoms with Crippen molar-refractivity contribution < 1.29 is 32.9 Å². The number of aromatic amines is 1. The Balaban J connectivity index is 1.46. The van der Waals surface area contributed by atoms with Crippen LogP contribution in [-0.4, -0.2) is 67.9 Å². The van der Waals surface area contributed by atoms with Crippen molar-refractivity contribution in [3.05, 3.63) is 30.6 Å². The molecule has 184 valence electrons. The zero-order valence-electron chi connectivity index (χ0n) is 18.6. The number of carbonyl (C=O) groups is 1. The fourth-order valence-corrected chi connectivity index (χ4v) is 4.10. The maximum Gasteiger partial charge on any atom is 0.413 e. The highest BCUT2D eigenvalue weighted by Gasteiger charge is 2.34. The summed E-state index contributed by atoms with van der Waals surface area (Å²) in [5.41, 5.74) is 1.26. The second-order valence-corrected chi connectivity index (χ2v) is 8.20. The van der Waals surface area contributed by atoms with Crippen LogP contribution in [0.3, 0.4) is 0 Å². The predicted octanol–water partition coefficient (Wildman–Crippen LogP) is 2.74. The SMILES string of the molecule is Cn1nc(-c2cnc3[nH]cc(OC(=O)NC4(CO)CCOCC4)c3n2)c2cc(OC(F)F)ccc21. The minimum absolute atomic E-state index is 0.0101. The lowest BCUT2D eigenvalue weighted by Crippen LogP contribution is -2.55. The lowest BCUT2D eigenvalue weighted by atomic mass is 9.91. The van der Waals surface area contributed by atoms with Gasteiger partial charge in [-0.1, -0.05) is 0 Å². The molecule has 4 aromatic rings. The van der Waals surface area contributed by atoms with Gasteiger partial charge in [0.2, 0.25) is 0 Å². The highest BCUT2D eigenvalue weighted by Crippen LogP contribution is 2.32. The topological polar surface area (TPSA) is 136 Å². The third kappa shape index (κ3) is 4.47. The van der Waals surface area contributed by atoms with E-state index in [0.29, 0.717) is 54.0 Å². The normalized spacial score (nSPS) is 15.6. The van der Waals surface area contributed by atoms with Crippen LogP contribution in [-0.2, 0) is 11.8 Å². The number of halogens is 2. The Bertz CT molecular complexity index is 1380. The summed E-state index contributed by atoms with van der Waals surface area (Å²) in [5, 5.41) is 17.5. The molecule has 1 fully saturated rings. The number of aromatic nitrogens is 5. The highest BCUT2D eigenvalue weighted by molar-refractivity contribution is 5.94. The lowest BCUT2D eigenvalue weighted by molar-refractivity contribution is -0.0497. The number of hydrogen-bond acceptors (Lipinski definition) is 8. The van der Waals surface area contributed by atoms with E-state index >= 15 is 0 Å². The molecule has 1 amide bonds. The lowest BCUT2D eigenvalue weighted by Gasteiger charge is -2.35. The summed E-state index contributed by atoms with van der Waals surface area (Å²) in [4.78, 5) is 24.4. The summed E-state index contributed by atoms with van der Waals surface area (Å²) in [7, 11) is 1.72. The molecule has 0 unspecified atom stereocenters. The second-order valence-electron chi connectivity index (χ2n) is 8.20.